The molecule has 3 aromatic carbocycles. The standard InChI is InChI=1S/C26H24N2O3/c1-18(19-12-13-23-24(16-19)31-15-14-30-23)27-28-25(29)22-17-26(22,20-8-4-2-5-9-20)21-10-6-3-7-11-21/h2-13,16,22H,14-15,17H2,1H3,(H,28,29)/b27-18-/t22-/m0/s1. The molecule has 5 nitrogen and oxygen atoms in total. The van der Waals surface area contributed by atoms with Crippen molar-refractivity contribution in [2.45, 2.75) is 18.8 Å². The Balaban J connectivity index is 1.36. The highest BCUT2D eigenvalue weighted by atomic mass is 16.6. The Morgan fingerprint density at radius 3 is 2.16 bits per heavy atom. The lowest BCUT2D eigenvalue weighted by Crippen LogP contribution is -2.26. The summed E-state index contributed by atoms with van der Waals surface area (Å²) in [6.07, 6.45) is 0.769. The van der Waals surface area contributed by atoms with E-state index in [1.54, 1.807) is 0 Å². The molecule has 0 spiro atoms. The van der Waals surface area contributed by atoms with Gasteiger partial charge in [0.25, 0.3) is 0 Å². The Bertz CT molecular complexity index is 1090. The van der Waals surface area contributed by atoms with E-state index in [9.17, 15) is 4.79 Å². The third kappa shape index (κ3) is 3.56. The molecule has 1 amide bonds. The SMILES string of the molecule is C/C(=N/NC(=O)[C@@H]1CC1(c1ccccc1)c1ccccc1)c1ccc2c(c1)OCCO2. The van der Waals surface area contributed by atoms with Crippen molar-refractivity contribution in [2.24, 2.45) is 11.0 Å². The summed E-state index contributed by atoms with van der Waals surface area (Å²) >= 11 is 0. The van der Waals surface area contributed by atoms with Crippen LogP contribution < -0.4 is 14.9 Å². The second-order valence-corrected chi connectivity index (χ2v) is 7.99. The molecule has 3 aromatic rings. The molecular weight excluding hydrogens is 388 g/mol. The topological polar surface area (TPSA) is 59.9 Å². The summed E-state index contributed by atoms with van der Waals surface area (Å²) in [5.74, 6) is 1.22. The van der Waals surface area contributed by atoms with E-state index < -0.39 is 0 Å². The number of fused-ring (bicyclic) bond motifs is 1. The second kappa shape index (κ2) is 7.91. The number of hydrogen-bond acceptors (Lipinski definition) is 4. The van der Waals surface area contributed by atoms with E-state index in [-0.39, 0.29) is 17.2 Å². The number of carbonyl (C=O) groups is 1. The predicted octanol–water partition coefficient (Wildman–Crippen LogP) is 4.30. The fraction of sp³-hybridized carbons (Fsp3) is 0.231. The average Bonchev–Trinajstić information content (AvgIpc) is 3.60. The first-order chi connectivity index (χ1) is 15.2. The molecular formula is C26H24N2O3. The van der Waals surface area contributed by atoms with Crippen molar-refractivity contribution in [2.75, 3.05) is 13.2 Å². The zero-order chi connectivity index (χ0) is 21.3. The van der Waals surface area contributed by atoms with Gasteiger partial charge in [0.15, 0.2) is 11.5 Å². The number of rotatable bonds is 5. The zero-order valence-electron chi connectivity index (χ0n) is 17.4. The summed E-state index contributed by atoms with van der Waals surface area (Å²) in [6, 6.07) is 26.2. The number of hydrazone groups is 1. The van der Waals surface area contributed by atoms with E-state index in [2.05, 4.69) is 34.8 Å². The minimum absolute atomic E-state index is 0.0652. The van der Waals surface area contributed by atoms with E-state index in [0.717, 1.165) is 34.6 Å². The lowest BCUT2D eigenvalue weighted by Gasteiger charge is -2.19. The maximum atomic E-state index is 13.1. The third-order valence-electron chi connectivity index (χ3n) is 6.15. The number of benzene rings is 3. The third-order valence-corrected chi connectivity index (χ3v) is 6.15. The van der Waals surface area contributed by atoms with Crippen molar-refractivity contribution < 1.29 is 14.3 Å². The van der Waals surface area contributed by atoms with Crippen LogP contribution >= 0.6 is 0 Å². The van der Waals surface area contributed by atoms with Crippen molar-refractivity contribution in [3.8, 4) is 11.5 Å². The van der Waals surface area contributed by atoms with Crippen LogP contribution in [0.25, 0.3) is 0 Å². The number of nitrogens with one attached hydrogen (secondary N) is 1. The van der Waals surface area contributed by atoms with Gasteiger partial charge in [0.2, 0.25) is 5.91 Å². The Labute approximate surface area is 181 Å². The summed E-state index contributed by atoms with van der Waals surface area (Å²) in [6.45, 7) is 2.97. The Morgan fingerprint density at radius 1 is 0.903 bits per heavy atom. The number of hydrogen-bond donors (Lipinski definition) is 1. The van der Waals surface area contributed by atoms with Crippen molar-refractivity contribution in [1.82, 2.24) is 5.43 Å². The number of amides is 1. The highest BCUT2D eigenvalue weighted by molar-refractivity contribution is 6.00. The molecule has 1 fully saturated rings. The molecule has 0 aromatic heterocycles. The van der Waals surface area contributed by atoms with Crippen molar-refractivity contribution in [1.29, 1.82) is 0 Å². The van der Waals surface area contributed by atoms with Crippen LogP contribution in [0.3, 0.4) is 0 Å². The van der Waals surface area contributed by atoms with Crippen LogP contribution in [0.1, 0.15) is 30.0 Å². The lowest BCUT2D eigenvalue weighted by atomic mass is 9.85. The summed E-state index contributed by atoms with van der Waals surface area (Å²) < 4.78 is 11.2. The predicted molar refractivity (Wildman–Crippen MR) is 120 cm³/mol. The molecule has 1 atom stereocenters. The molecule has 1 aliphatic heterocycles. The van der Waals surface area contributed by atoms with E-state index in [4.69, 9.17) is 9.47 Å². The van der Waals surface area contributed by atoms with Gasteiger partial charge in [-0.15, -0.1) is 0 Å². The monoisotopic (exact) mass is 412 g/mol. The average molecular weight is 412 g/mol. The Kier molecular flexibility index (Phi) is 4.94. The van der Waals surface area contributed by atoms with Gasteiger partial charge in [-0.25, -0.2) is 5.43 Å². The minimum atomic E-state index is -0.299. The van der Waals surface area contributed by atoms with E-state index in [1.165, 1.54) is 0 Å². The van der Waals surface area contributed by atoms with E-state index in [1.807, 2.05) is 61.5 Å². The van der Waals surface area contributed by atoms with Gasteiger partial charge < -0.3 is 9.47 Å². The summed E-state index contributed by atoms with van der Waals surface area (Å²) in [7, 11) is 0. The smallest absolute Gasteiger partial charge is 0.244 e. The van der Waals surface area contributed by atoms with Gasteiger partial charge in [-0.3, -0.25) is 4.79 Å². The number of nitrogens with zero attached hydrogens (tertiary/aromatic N) is 1. The molecule has 5 rings (SSSR count). The molecule has 0 unspecified atom stereocenters. The van der Waals surface area contributed by atoms with Gasteiger partial charge in [-0.1, -0.05) is 60.7 Å². The summed E-state index contributed by atoms with van der Waals surface area (Å²) in [5.41, 5.74) is 6.42. The molecule has 0 saturated heterocycles. The van der Waals surface area contributed by atoms with Gasteiger partial charge in [0.05, 0.1) is 11.6 Å². The van der Waals surface area contributed by atoms with Crippen LogP contribution in [0, 0.1) is 5.92 Å². The van der Waals surface area contributed by atoms with Gasteiger partial charge >= 0.3 is 0 Å². The second-order valence-electron chi connectivity index (χ2n) is 7.99. The van der Waals surface area contributed by atoms with Crippen LogP contribution in [0.15, 0.2) is 84.0 Å². The van der Waals surface area contributed by atoms with Crippen LogP contribution in [0.4, 0.5) is 0 Å². The van der Waals surface area contributed by atoms with Crippen molar-refractivity contribution in [3.63, 3.8) is 0 Å². The first-order valence-electron chi connectivity index (χ1n) is 10.5. The van der Waals surface area contributed by atoms with E-state index in [0.29, 0.717) is 19.0 Å². The van der Waals surface area contributed by atoms with Crippen LogP contribution in [0.2, 0.25) is 0 Å². The van der Waals surface area contributed by atoms with Crippen LogP contribution in [0.5, 0.6) is 11.5 Å². The minimum Gasteiger partial charge on any atom is -0.486 e. The molecule has 1 N–H and O–H groups in total. The maximum Gasteiger partial charge on any atom is 0.244 e. The maximum absolute atomic E-state index is 13.1. The summed E-state index contributed by atoms with van der Waals surface area (Å²) in [5, 5.41) is 4.38. The van der Waals surface area contributed by atoms with Gasteiger partial charge in [-0.2, -0.15) is 5.10 Å². The van der Waals surface area contributed by atoms with Crippen LogP contribution in [-0.2, 0) is 10.2 Å². The largest absolute Gasteiger partial charge is 0.486 e. The fourth-order valence-electron chi connectivity index (χ4n) is 4.41. The number of ether oxygens (including phenoxy) is 2. The fourth-order valence-corrected chi connectivity index (χ4v) is 4.41. The molecule has 1 saturated carbocycles. The summed E-state index contributed by atoms with van der Waals surface area (Å²) in [4.78, 5) is 13.1. The number of carbonyl (C=O) groups excluding carboxylic acids is 1. The normalized spacial score (nSPS) is 18.9. The molecule has 0 bridgehead atoms. The molecule has 2 aliphatic rings. The highest BCUT2D eigenvalue weighted by Gasteiger charge is 2.60. The van der Waals surface area contributed by atoms with Gasteiger partial charge in [0.1, 0.15) is 13.2 Å². The highest BCUT2D eigenvalue weighted by Crippen LogP contribution is 2.58. The van der Waals surface area contributed by atoms with Gasteiger partial charge in [0, 0.05) is 11.0 Å². The molecule has 1 heterocycles. The lowest BCUT2D eigenvalue weighted by molar-refractivity contribution is -0.122. The quantitative estimate of drug-likeness (QED) is 0.502. The molecule has 0 radical (unpaired) electrons. The molecule has 5 heteroatoms. The van der Waals surface area contributed by atoms with Gasteiger partial charge in [-0.05, 0) is 42.7 Å². The Hall–Kier alpha value is -3.60. The van der Waals surface area contributed by atoms with Crippen molar-refractivity contribution >= 4 is 11.6 Å². The first-order valence-corrected chi connectivity index (χ1v) is 10.5. The first kappa shape index (κ1) is 19.4. The zero-order valence-corrected chi connectivity index (χ0v) is 17.4. The van der Waals surface area contributed by atoms with Crippen LogP contribution in [-0.4, -0.2) is 24.8 Å². The molecule has 31 heavy (non-hydrogen) atoms. The van der Waals surface area contributed by atoms with Crippen molar-refractivity contribution in [3.05, 3.63) is 95.6 Å². The van der Waals surface area contributed by atoms with E-state index >= 15 is 0 Å². The Morgan fingerprint density at radius 2 is 1.52 bits per heavy atom. The molecule has 1 aliphatic carbocycles. The molecule has 156 valence electrons.